The third-order valence-electron chi connectivity index (χ3n) is 3.16. The molecule has 0 heterocycles. The Balaban J connectivity index is 2.24. The number of carbonyl (C=O) groups excluding carboxylic acids is 1. The van der Waals surface area contributed by atoms with Crippen LogP contribution in [0.2, 0.25) is 0 Å². The largest absolute Gasteiger partial charge is 0.389 e. The van der Waals surface area contributed by atoms with Crippen LogP contribution in [0.3, 0.4) is 0 Å². The number of alkyl halides is 3. The molecule has 1 rings (SSSR count). The molecule has 0 amide bonds. The van der Waals surface area contributed by atoms with Gasteiger partial charge in [0.2, 0.25) is 0 Å². The summed E-state index contributed by atoms with van der Waals surface area (Å²) in [6.07, 6.45) is -1.97. The van der Waals surface area contributed by atoms with Gasteiger partial charge in [-0.3, -0.25) is 4.79 Å². The van der Waals surface area contributed by atoms with Crippen LogP contribution in [0.5, 0.6) is 0 Å². The number of halogens is 3. The Morgan fingerprint density at radius 2 is 2.00 bits per heavy atom. The summed E-state index contributed by atoms with van der Waals surface area (Å²) in [6.45, 7) is 2.01. The summed E-state index contributed by atoms with van der Waals surface area (Å²) < 4.78 is 35.5. The molecule has 0 aliphatic heterocycles. The second kappa shape index (κ2) is 4.99. The minimum atomic E-state index is -4.12. The third-order valence-corrected chi connectivity index (χ3v) is 3.16. The highest BCUT2D eigenvalue weighted by Gasteiger charge is 2.31. The van der Waals surface area contributed by atoms with Gasteiger partial charge in [0.15, 0.2) is 0 Å². The standard InChI is InChI=1S/C11H17F3O/c1-8-4-2-5-9(8)10(15)6-3-7-11(12,13)14/h8-9H,2-7H2,1H3. The van der Waals surface area contributed by atoms with Gasteiger partial charge in [-0.05, 0) is 25.2 Å². The number of Topliss-reactive ketones (excluding diaryl/α,β-unsaturated/α-hetero) is 1. The van der Waals surface area contributed by atoms with Crippen molar-refractivity contribution in [2.24, 2.45) is 11.8 Å². The van der Waals surface area contributed by atoms with E-state index in [1.165, 1.54) is 0 Å². The lowest BCUT2D eigenvalue weighted by atomic mass is 9.91. The summed E-state index contributed by atoms with van der Waals surface area (Å²) in [7, 11) is 0. The fraction of sp³-hybridized carbons (Fsp3) is 0.909. The Morgan fingerprint density at radius 1 is 1.33 bits per heavy atom. The van der Waals surface area contributed by atoms with Gasteiger partial charge in [0.1, 0.15) is 5.78 Å². The van der Waals surface area contributed by atoms with Crippen molar-refractivity contribution in [3.8, 4) is 0 Å². The summed E-state index contributed by atoms with van der Waals surface area (Å²) in [6, 6.07) is 0. The van der Waals surface area contributed by atoms with E-state index in [1.54, 1.807) is 0 Å². The molecular weight excluding hydrogens is 205 g/mol. The number of hydrogen-bond donors (Lipinski definition) is 0. The Kier molecular flexibility index (Phi) is 4.17. The second-order valence-electron chi connectivity index (χ2n) is 4.45. The van der Waals surface area contributed by atoms with Gasteiger partial charge in [-0.15, -0.1) is 0 Å². The van der Waals surface area contributed by atoms with Gasteiger partial charge in [0, 0.05) is 18.8 Å². The van der Waals surface area contributed by atoms with E-state index in [0.717, 1.165) is 19.3 Å². The van der Waals surface area contributed by atoms with Crippen LogP contribution in [0.4, 0.5) is 13.2 Å². The molecule has 4 heteroatoms. The molecule has 0 saturated heterocycles. The number of hydrogen-bond acceptors (Lipinski definition) is 1. The lowest BCUT2D eigenvalue weighted by Crippen LogP contribution is -2.17. The van der Waals surface area contributed by atoms with E-state index in [1.807, 2.05) is 6.92 Å². The first kappa shape index (κ1) is 12.5. The zero-order valence-electron chi connectivity index (χ0n) is 8.94. The predicted octanol–water partition coefficient (Wildman–Crippen LogP) is 3.72. The molecule has 0 aromatic heterocycles. The minimum Gasteiger partial charge on any atom is -0.299 e. The molecule has 2 unspecified atom stereocenters. The maximum atomic E-state index is 11.8. The zero-order chi connectivity index (χ0) is 11.5. The first-order valence-corrected chi connectivity index (χ1v) is 5.49. The van der Waals surface area contributed by atoms with Gasteiger partial charge >= 0.3 is 6.18 Å². The Hall–Kier alpha value is -0.540. The van der Waals surface area contributed by atoms with Crippen molar-refractivity contribution < 1.29 is 18.0 Å². The van der Waals surface area contributed by atoms with Crippen LogP contribution in [0.15, 0.2) is 0 Å². The molecule has 1 fully saturated rings. The van der Waals surface area contributed by atoms with E-state index in [2.05, 4.69) is 0 Å². The average molecular weight is 222 g/mol. The fourth-order valence-corrected chi connectivity index (χ4v) is 2.27. The van der Waals surface area contributed by atoms with E-state index in [4.69, 9.17) is 0 Å². The summed E-state index contributed by atoms with van der Waals surface area (Å²) in [5.74, 6) is 0.422. The topological polar surface area (TPSA) is 17.1 Å². The lowest BCUT2D eigenvalue weighted by Gasteiger charge is -2.13. The SMILES string of the molecule is CC1CCCC1C(=O)CCCC(F)(F)F. The fourth-order valence-electron chi connectivity index (χ4n) is 2.27. The average Bonchev–Trinajstić information content (AvgIpc) is 2.48. The highest BCUT2D eigenvalue weighted by atomic mass is 19.4. The van der Waals surface area contributed by atoms with E-state index < -0.39 is 12.6 Å². The maximum Gasteiger partial charge on any atom is 0.389 e. The molecular formula is C11H17F3O. The molecule has 1 saturated carbocycles. The molecule has 1 aliphatic carbocycles. The van der Waals surface area contributed by atoms with Crippen LogP contribution in [0.25, 0.3) is 0 Å². The van der Waals surface area contributed by atoms with Crippen LogP contribution < -0.4 is 0 Å². The minimum absolute atomic E-state index is 0.0261. The molecule has 15 heavy (non-hydrogen) atoms. The van der Waals surface area contributed by atoms with Crippen molar-refractivity contribution >= 4 is 5.78 Å². The Bertz CT molecular complexity index is 222. The van der Waals surface area contributed by atoms with Crippen LogP contribution in [-0.2, 0) is 4.79 Å². The summed E-state index contributed by atoms with van der Waals surface area (Å²) in [4.78, 5) is 11.6. The number of rotatable bonds is 4. The third kappa shape index (κ3) is 4.22. The van der Waals surface area contributed by atoms with E-state index in [9.17, 15) is 18.0 Å². The number of carbonyl (C=O) groups is 1. The van der Waals surface area contributed by atoms with Crippen molar-refractivity contribution in [2.75, 3.05) is 0 Å². The summed E-state index contributed by atoms with van der Waals surface area (Å²) in [5, 5.41) is 0. The molecule has 0 N–H and O–H groups in total. The van der Waals surface area contributed by atoms with Gasteiger partial charge in [0.05, 0.1) is 0 Å². The molecule has 0 bridgehead atoms. The Morgan fingerprint density at radius 3 is 2.47 bits per heavy atom. The van der Waals surface area contributed by atoms with Crippen molar-refractivity contribution in [3.05, 3.63) is 0 Å². The predicted molar refractivity (Wildman–Crippen MR) is 51.4 cm³/mol. The maximum absolute atomic E-state index is 11.8. The smallest absolute Gasteiger partial charge is 0.299 e. The first-order valence-electron chi connectivity index (χ1n) is 5.49. The van der Waals surface area contributed by atoms with Gasteiger partial charge in [0.25, 0.3) is 0 Å². The van der Waals surface area contributed by atoms with Gasteiger partial charge < -0.3 is 0 Å². The Labute approximate surface area is 88.0 Å². The van der Waals surface area contributed by atoms with Gasteiger partial charge in [-0.25, -0.2) is 0 Å². The summed E-state index contributed by atoms with van der Waals surface area (Å²) in [5.41, 5.74) is 0. The molecule has 0 radical (unpaired) electrons. The van der Waals surface area contributed by atoms with Crippen LogP contribution in [-0.4, -0.2) is 12.0 Å². The van der Waals surface area contributed by atoms with Crippen molar-refractivity contribution in [1.82, 2.24) is 0 Å². The summed E-state index contributed by atoms with van der Waals surface area (Å²) >= 11 is 0. The number of ketones is 1. The quantitative estimate of drug-likeness (QED) is 0.708. The normalized spacial score (nSPS) is 26.9. The highest BCUT2D eigenvalue weighted by Crippen LogP contribution is 2.33. The zero-order valence-corrected chi connectivity index (χ0v) is 8.94. The molecule has 0 aromatic carbocycles. The molecule has 0 aromatic rings. The molecule has 2 atom stereocenters. The van der Waals surface area contributed by atoms with Gasteiger partial charge in [-0.1, -0.05) is 13.3 Å². The van der Waals surface area contributed by atoms with Crippen molar-refractivity contribution in [2.45, 2.75) is 51.6 Å². The van der Waals surface area contributed by atoms with Crippen molar-refractivity contribution in [3.63, 3.8) is 0 Å². The van der Waals surface area contributed by atoms with E-state index >= 15 is 0 Å². The first-order chi connectivity index (χ1) is 6.90. The molecule has 1 nitrogen and oxygen atoms in total. The molecule has 1 aliphatic rings. The second-order valence-corrected chi connectivity index (χ2v) is 4.45. The van der Waals surface area contributed by atoms with Crippen LogP contribution in [0.1, 0.15) is 45.4 Å². The molecule has 88 valence electrons. The van der Waals surface area contributed by atoms with Gasteiger partial charge in [-0.2, -0.15) is 13.2 Å². The van der Waals surface area contributed by atoms with Crippen LogP contribution >= 0.6 is 0 Å². The lowest BCUT2D eigenvalue weighted by molar-refractivity contribution is -0.137. The van der Waals surface area contributed by atoms with Crippen LogP contribution in [0, 0.1) is 11.8 Å². The van der Waals surface area contributed by atoms with Crippen molar-refractivity contribution in [1.29, 1.82) is 0 Å². The highest BCUT2D eigenvalue weighted by molar-refractivity contribution is 5.81. The van der Waals surface area contributed by atoms with E-state index in [-0.39, 0.29) is 24.5 Å². The molecule has 0 spiro atoms. The van der Waals surface area contributed by atoms with E-state index in [0.29, 0.717) is 5.92 Å². The monoisotopic (exact) mass is 222 g/mol.